The first kappa shape index (κ1) is 13.8. The number of carboxylic acids is 1. The van der Waals surface area contributed by atoms with Crippen LogP contribution in [0, 0.1) is 0 Å². The first-order valence-corrected chi connectivity index (χ1v) is 6.47. The number of morpholine rings is 1. The summed E-state index contributed by atoms with van der Waals surface area (Å²) in [6.07, 6.45) is -0.837. The maximum atomic E-state index is 11.1. The van der Waals surface area contributed by atoms with E-state index in [2.05, 4.69) is 15.9 Å². The quantitative estimate of drug-likeness (QED) is 0.857. The molecule has 19 heavy (non-hydrogen) atoms. The predicted octanol–water partition coefficient (Wildman–Crippen LogP) is 0.838. The number of nitrogens with zero attached hydrogens (tertiary/aromatic N) is 1. The maximum absolute atomic E-state index is 11.1. The van der Waals surface area contributed by atoms with Crippen molar-refractivity contribution in [1.29, 1.82) is 0 Å². The molecule has 1 aliphatic rings. The van der Waals surface area contributed by atoms with Crippen molar-refractivity contribution in [3.05, 3.63) is 28.2 Å². The number of halogens is 1. The molecule has 1 saturated heterocycles. The average molecular weight is 329 g/mol. The number of amides is 1. The second-order valence-electron chi connectivity index (χ2n) is 4.17. The van der Waals surface area contributed by atoms with Crippen molar-refractivity contribution in [2.45, 2.75) is 6.10 Å². The van der Waals surface area contributed by atoms with Gasteiger partial charge in [0.05, 0.1) is 18.8 Å². The number of anilines is 1. The fourth-order valence-corrected chi connectivity index (χ4v) is 2.56. The van der Waals surface area contributed by atoms with E-state index in [0.717, 1.165) is 5.69 Å². The summed E-state index contributed by atoms with van der Waals surface area (Å²) in [6.45, 7) is 1.21. The number of carbonyl (C=O) groups excluding carboxylic acids is 1. The van der Waals surface area contributed by atoms with Crippen LogP contribution in [0.5, 0.6) is 0 Å². The van der Waals surface area contributed by atoms with Gasteiger partial charge in [0, 0.05) is 16.6 Å². The van der Waals surface area contributed by atoms with Gasteiger partial charge in [0.2, 0.25) is 5.91 Å². The molecule has 1 aromatic rings. The van der Waals surface area contributed by atoms with E-state index in [1.54, 1.807) is 18.2 Å². The molecule has 1 heterocycles. The van der Waals surface area contributed by atoms with E-state index in [1.165, 1.54) is 0 Å². The molecular formula is C12H13BrN2O4. The Morgan fingerprint density at radius 3 is 2.79 bits per heavy atom. The van der Waals surface area contributed by atoms with Gasteiger partial charge in [-0.3, -0.25) is 4.79 Å². The molecule has 1 aromatic carbocycles. The summed E-state index contributed by atoms with van der Waals surface area (Å²) >= 11 is 3.37. The van der Waals surface area contributed by atoms with E-state index in [-0.39, 0.29) is 6.54 Å². The number of aliphatic carboxylic acids is 1. The lowest BCUT2D eigenvalue weighted by atomic mass is 10.1. The minimum Gasteiger partial charge on any atom is -0.479 e. The number of nitrogens with two attached hydrogens (primary N) is 1. The van der Waals surface area contributed by atoms with Gasteiger partial charge in [-0.15, -0.1) is 0 Å². The summed E-state index contributed by atoms with van der Waals surface area (Å²) in [5.74, 6) is -1.48. The summed E-state index contributed by atoms with van der Waals surface area (Å²) in [4.78, 5) is 23.9. The number of rotatable bonds is 3. The third-order valence-corrected chi connectivity index (χ3v) is 3.55. The highest BCUT2D eigenvalue weighted by molar-refractivity contribution is 9.10. The highest BCUT2D eigenvalue weighted by atomic mass is 79.9. The Morgan fingerprint density at radius 2 is 2.21 bits per heavy atom. The smallest absolute Gasteiger partial charge is 0.334 e. The molecule has 3 N–H and O–H groups in total. The van der Waals surface area contributed by atoms with Crippen molar-refractivity contribution in [2.75, 3.05) is 24.6 Å². The molecule has 7 heteroatoms. The standard InChI is InChI=1S/C12H13BrN2O4/c13-8-5-7(11(14)16)1-2-9(8)15-3-4-19-10(6-15)12(17)18/h1-2,5,10H,3-4,6H2,(H2,14,16)(H,17,18). The van der Waals surface area contributed by atoms with Gasteiger partial charge in [-0.1, -0.05) is 0 Å². The summed E-state index contributed by atoms with van der Waals surface area (Å²) in [6, 6.07) is 4.99. The minimum absolute atomic E-state index is 0.268. The zero-order valence-electron chi connectivity index (χ0n) is 10.0. The van der Waals surface area contributed by atoms with Crippen LogP contribution in [0.1, 0.15) is 10.4 Å². The van der Waals surface area contributed by atoms with Crippen LogP contribution in [-0.4, -0.2) is 42.8 Å². The van der Waals surface area contributed by atoms with Crippen LogP contribution in [-0.2, 0) is 9.53 Å². The SMILES string of the molecule is NC(=O)c1ccc(N2CCOC(C(=O)O)C2)c(Br)c1. The van der Waals surface area contributed by atoms with E-state index in [0.29, 0.717) is 23.2 Å². The Hall–Kier alpha value is -1.60. The van der Waals surface area contributed by atoms with Crippen molar-refractivity contribution in [3.63, 3.8) is 0 Å². The van der Waals surface area contributed by atoms with Crippen molar-refractivity contribution in [2.24, 2.45) is 5.73 Å². The molecule has 1 fully saturated rings. The molecule has 0 bridgehead atoms. The molecule has 0 aliphatic carbocycles. The van der Waals surface area contributed by atoms with Crippen LogP contribution in [0.4, 0.5) is 5.69 Å². The fraction of sp³-hybridized carbons (Fsp3) is 0.333. The Bertz CT molecular complexity index is 520. The lowest BCUT2D eigenvalue weighted by molar-refractivity contribution is -0.150. The minimum atomic E-state index is -0.977. The van der Waals surface area contributed by atoms with E-state index in [4.69, 9.17) is 15.6 Å². The third kappa shape index (κ3) is 3.05. The number of primary amides is 1. The van der Waals surface area contributed by atoms with Gasteiger partial charge in [0.15, 0.2) is 6.10 Å². The maximum Gasteiger partial charge on any atom is 0.334 e. The van der Waals surface area contributed by atoms with E-state index in [9.17, 15) is 9.59 Å². The highest BCUT2D eigenvalue weighted by Gasteiger charge is 2.27. The lowest BCUT2D eigenvalue weighted by Crippen LogP contribution is -2.46. The zero-order chi connectivity index (χ0) is 14.0. The first-order valence-electron chi connectivity index (χ1n) is 5.67. The molecule has 6 nitrogen and oxygen atoms in total. The monoisotopic (exact) mass is 328 g/mol. The number of hydrogen-bond acceptors (Lipinski definition) is 4. The van der Waals surface area contributed by atoms with Crippen LogP contribution >= 0.6 is 15.9 Å². The number of benzene rings is 1. The first-order chi connectivity index (χ1) is 8.99. The molecule has 1 unspecified atom stereocenters. The predicted molar refractivity (Wildman–Crippen MR) is 72.2 cm³/mol. The van der Waals surface area contributed by atoms with Crippen LogP contribution in [0.15, 0.2) is 22.7 Å². The fourth-order valence-electron chi connectivity index (χ4n) is 1.93. The zero-order valence-corrected chi connectivity index (χ0v) is 11.6. The van der Waals surface area contributed by atoms with Crippen LogP contribution < -0.4 is 10.6 Å². The van der Waals surface area contributed by atoms with Gasteiger partial charge in [0.1, 0.15) is 0 Å². The van der Waals surface area contributed by atoms with E-state index < -0.39 is 18.0 Å². The Kier molecular flexibility index (Phi) is 4.06. The van der Waals surface area contributed by atoms with Crippen molar-refractivity contribution in [3.8, 4) is 0 Å². The molecule has 0 radical (unpaired) electrons. The van der Waals surface area contributed by atoms with E-state index >= 15 is 0 Å². The summed E-state index contributed by atoms with van der Waals surface area (Å²) in [5, 5.41) is 8.96. The van der Waals surface area contributed by atoms with Crippen molar-refractivity contribution < 1.29 is 19.4 Å². The normalized spacial score (nSPS) is 19.2. The molecule has 102 valence electrons. The van der Waals surface area contributed by atoms with Gasteiger partial charge < -0.3 is 20.5 Å². The molecule has 1 atom stereocenters. The summed E-state index contributed by atoms with van der Waals surface area (Å²) in [7, 11) is 0. The molecule has 1 aliphatic heterocycles. The molecule has 0 saturated carbocycles. The van der Waals surface area contributed by atoms with Crippen LogP contribution in [0.25, 0.3) is 0 Å². The number of carbonyl (C=O) groups is 2. The Morgan fingerprint density at radius 1 is 1.47 bits per heavy atom. The Labute approximate surface area is 118 Å². The van der Waals surface area contributed by atoms with E-state index in [1.807, 2.05) is 4.90 Å². The van der Waals surface area contributed by atoms with Crippen molar-refractivity contribution >= 4 is 33.5 Å². The van der Waals surface area contributed by atoms with Crippen LogP contribution in [0.2, 0.25) is 0 Å². The third-order valence-electron chi connectivity index (χ3n) is 2.91. The van der Waals surface area contributed by atoms with Gasteiger partial charge >= 0.3 is 5.97 Å². The largest absolute Gasteiger partial charge is 0.479 e. The molecule has 1 amide bonds. The number of carboxylic acid groups (broad SMARTS) is 1. The van der Waals surface area contributed by atoms with Gasteiger partial charge in [-0.2, -0.15) is 0 Å². The second kappa shape index (κ2) is 5.58. The molecular weight excluding hydrogens is 316 g/mol. The summed E-state index contributed by atoms with van der Waals surface area (Å²) < 4.78 is 5.87. The topological polar surface area (TPSA) is 92.9 Å². The lowest BCUT2D eigenvalue weighted by Gasteiger charge is -2.33. The number of ether oxygens (including phenoxy) is 1. The molecule has 0 aromatic heterocycles. The van der Waals surface area contributed by atoms with Crippen LogP contribution in [0.3, 0.4) is 0 Å². The average Bonchev–Trinajstić information content (AvgIpc) is 2.38. The molecule has 2 rings (SSSR count). The second-order valence-corrected chi connectivity index (χ2v) is 5.03. The van der Waals surface area contributed by atoms with Gasteiger partial charge in [-0.05, 0) is 34.1 Å². The highest BCUT2D eigenvalue weighted by Crippen LogP contribution is 2.28. The molecule has 0 spiro atoms. The van der Waals surface area contributed by atoms with Crippen molar-refractivity contribution in [1.82, 2.24) is 0 Å². The number of hydrogen-bond donors (Lipinski definition) is 2. The van der Waals surface area contributed by atoms with Gasteiger partial charge in [0.25, 0.3) is 0 Å². The van der Waals surface area contributed by atoms with Gasteiger partial charge in [-0.25, -0.2) is 4.79 Å². The summed E-state index contributed by atoms with van der Waals surface area (Å²) in [5.41, 5.74) is 6.42. The Balaban J connectivity index is 2.22.